The van der Waals surface area contributed by atoms with Gasteiger partial charge in [0, 0.05) is 11.8 Å². The van der Waals surface area contributed by atoms with Crippen LogP contribution in [0.5, 0.6) is 0 Å². The molecule has 0 unspecified atom stereocenters. The Balaban J connectivity index is 2.56. The quantitative estimate of drug-likeness (QED) is 0.549. The number of benzene rings is 2. The molecule has 0 aliphatic rings. The Morgan fingerprint density at radius 1 is 0.759 bits per heavy atom. The molecule has 0 saturated carbocycles. The fourth-order valence-corrected chi connectivity index (χ4v) is 3.29. The SMILES string of the molecule is CC(C)(C)c1cc(C(C)(C)C)c(NC(=O)/C=C\c2ccccc2)c(C(C)(C)C)c1. The summed E-state index contributed by atoms with van der Waals surface area (Å²) in [5.74, 6) is -0.103. The zero-order chi connectivity index (χ0) is 22.0. The van der Waals surface area contributed by atoms with Crippen molar-refractivity contribution in [3.63, 3.8) is 0 Å². The molecule has 2 nitrogen and oxygen atoms in total. The van der Waals surface area contributed by atoms with E-state index in [9.17, 15) is 4.79 Å². The number of hydrogen-bond acceptors (Lipinski definition) is 1. The van der Waals surface area contributed by atoms with Crippen molar-refractivity contribution >= 4 is 17.7 Å². The number of anilines is 1. The van der Waals surface area contributed by atoms with Crippen LogP contribution in [0.1, 0.15) is 84.6 Å². The highest BCUT2D eigenvalue weighted by atomic mass is 16.1. The lowest BCUT2D eigenvalue weighted by atomic mass is 9.74. The Bertz CT molecular complexity index is 850. The molecule has 0 fully saturated rings. The molecule has 2 aromatic rings. The van der Waals surface area contributed by atoms with Gasteiger partial charge in [0.25, 0.3) is 0 Å². The lowest BCUT2D eigenvalue weighted by molar-refractivity contribution is -0.111. The third-order valence-corrected chi connectivity index (χ3v) is 5.10. The van der Waals surface area contributed by atoms with Crippen molar-refractivity contribution in [1.82, 2.24) is 0 Å². The number of amides is 1. The van der Waals surface area contributed by atoms with E-state index in [-0.39, 0.29) is 22.2 Å². The summed E-state index contributed by atoms with van der Waals surface area (Å²) in [7, 11) is 0. The molecule has 0 aliphatic heterocycles. The van der Waals surface area contributed by atoms with Gasteiger partial charge in [-0.15, -0.1) is 0 Å². The molecule has 0 heterocycles. The fraction of sp³-hybridized carbons (Fsp3) is 0.444. The van der Waals surface area contributed by atoms with Crippen LogP contribution < -0.4 is 5.32 Å². The minimum absolute atomic E-state index is 0.0375. The maximum absolute atomic E-state index is 12.8. The molecule has 1 amide bonds. The third kappa shape index (κ3) is 6.06. The standard InChI is InChI=1S/C27H37NO/c1-25(2,3)20-17-21(26(4,5)6)24(22(18-20)27(7,8)9)28-23(29)16-15-19-13-11-10-12-14-19/h10-18H,1-9H3,(H,28,29)/b16-15-. The molecule has 2 aromatic carbocycles. The number of rotatable bonds is 3. The Kier molecular flexibility index (Phi) is 6.47. The highest BCUT2D eigenvalue weighted by Crippen LogP contribution is 2.41. The van der Waals surface area contributed by atoms with Crippen molar-refractivity contribution in [3.05, 3.63) is 70.8 Å². The number of carbonyl (C=O) groups excluding carboxylic acids is 1. The first-order valence-electron chi connectivity index (χ1n) is 10.4. The largest absolute Gasteiger partial charge is 0.322 e. The van der Waals surface area contributed by atoms with E-state index < -0.39 is 0 Å². The summed E-state index contributed by atoms with van der Waals surface area (Å²) in [5, 5.41) is 3.22. The van der Waals surface area contributed by atoms with Gasteiger partial charge in [0.2, 0.25) is 5.91 Å². The number of carbonyl (C=O) groups is 1. The summed E-state index contributed by atoms with van der Waals surface area (Å²) in [6.07, 6.45) is 3.47. The number of nitrogens with one attached hydrogen (secondary N) is 1. The molecule has 1 N–H and O–H groups in total. The van der Waals surface area contributed by atoms with Gasteiger partial charge in [0.1, 0.15) is 0 Å². The monoisotopic (exact) mass is 391 g/mol. The van der Waals surface area contributed by atoms with Gasteiger partial charge in [-0.25, -0.2) is 0 Å². The normalized spacial score (nSPS) is 13.0. The fourth-order valence-electron chi connectivity index (χ4n) is 3.29. The maximum Gasteiger partial charge on any atom is 0.248 e. The third-order valence-electron chi connectivity index (χ3n) is 5.10. The van der Waals surface area contributed by atoms with Crippen LogP contribution in [0, 0.1) is 0 Å². The second-order valence-corrected chi connectivity index (χ2v) is 10.9. The smallest absolute Gasteiger partial charge is 0.248 e. The molecular weight excluding hydrogens is 354 g/mol. The van der Waals surface area contributed by atoms with Crippen LogP contribution in [0.25, 0.3) is 6.08 Å². The molecule has 0 radical (unpaired) electrons. The van der Waals surface area contributed by atoms with Gasteiger partial charge in [0.05, 0.1) is 0 Å². The van der Waals surface area contributed by atoms with Crippen molar-refractivity contribution < 1.29 is 4.79 Å². The van der Waals surface area contributed by atoms with Gasteiger partial charge in [-0.05, 0) is 44.6 Å². The van der Waals surface area contributed by atoms with Crippen molar-refractivity contribution in [1.29, 1.82) is 0 Å². The predicted octanol–water partition coefficient (Wildman–Crippen LogP) is 7.23. The first-order chi connectivity index (χ1) is 13.2. The van der Waals surface area contributed by atoms with Gasteiger partial charge < -0.3 is 5.32 Å². The van der Waals surface area contributed by atoms with Gasteiger partial charge in [-0.2, -0.15) is 0 Å². The van der Waals surface area contributed by atoms with E-state index in [0.29, 0.717) is 0 Å². The molecule has 156 valence electrons. The molecule has 0 aliphatic carbocycles. The van der Waals surface area contributed by atoms with Crippen LogP contribution >= 0.6 is 0 Å². The molecule has 29 heavy (non-hydrogen) atoms. The molecule has 0 spiro atoms. The van der Waals surface area contributed by atoms with E-state index in [1.165, 1.54) is 16.7 Å². The Morgan fingerprint density at radius 3 is 1.66 bits per heavy atom. The summed E-state index contributed by atoms with van der Waals surface area (Å²) in [6.45, 7) is 19.9. The van der Waals surface area contributed by atoms with Crippen molar-refractivity contribution in [2.24, 2.45) is 0 Å². The molecule has 0 aromatic heterocycles. The van der Waals surface area contributed by atoms with E-state index in [1.807, 2.05) is 36.4 Å². The Morgan fingerprint density at radius 2 is 1.24 bits per heavy atom. The van der Waals surface area contributed by atoms with Crippen LogP contribution in [-0.4, -0.2) is 5.91 Å². The van der Waals surface area contributed by atoms with Crippen LogP contribution in [0.3, 0.4) is 0 Å². The summed E-state index contributed by atoms with van der Waals surface area (Å²) in [6, 6.07) is 14.4. The Labute approximate surface area is 177 Å². The van der Waals surface area contributed by atoms with E-state index in [1.54, 1.807) is 6.08 Å². The topological polar surface area (TPSA) is 29.1 Å². The van der Waals surface area contributed by atoms with Crippen molar-refractivity contribution in [2.75, 3.05) is 5.32 Å². The van der Waals surface area contributed by atoms with Crippen LogP contribution in [0.4, 0.5) is 5.69 Å². The van der Waals surface area contributed by atoms with E-state index in [4.69, 9.17) is 0 Å². The van der Waals surface area contributed by atoms with Crippen molar-refractivity contribution in [2.45, 2.75) is 78.6 Å². The summed E-state index contributed by atoms with van der Waals surface area (Å²) in [5.41, 5.74) is 5.46. The lowest BCUT2D eigenvalue weighted by Crippen LogP contribution is -2.25. The summed E-state index contributed by atoms with van der Waals surface area (Å²) in [4.78, 5) is 12.8. The minimum Gasteiger partial charge on any atom is -0.322 e. The lowest BCUT2D eigenvalue weighted by Gasteiger charge is -2.33. The second kappa shape index (κ2) is 8.18. The Hall–Kier alpha value is -2.35. The molecule has 0 bridgehead atoms. The zero-order valence-corrected chi connectivity index (χ0v) is 19.6. The van der Waals surface area contributed by atoms with E-state index in [0.717, 1.165) is 11.3 Å². The molecule has 2 heteroatoms. The van der Waals surface area contributed by atoms with Gasteiger partial charge in [-0.3, -0.25) is 4.79 Å². The predicted molar refractivity (Wildman–Crippen MR) is 127 cm³/mol. The average Bonchev–Trinajstić information content (AvgIpc) is 2.58. The maximum atomic E-state index is 12.8. The molecule has 0 atom stereocenters. The zero-order valence-electron chi connectivity index (χ0n) is 19.6. The van der Waals surface area contributed by atoms with Gasteiger partial charge >= 0.3 is 0 Å². The van der Waals surface area contributed by atoms with E-state index >= 15 is 0 Å². The van der Waals surface area contributed by atoms with Gasteiger partial charge in [-0.1, -0.05) is 105 Å². The highest BCUT2D eigenvalue weighted by Gasteiger charge is 2.29. The van der Waals surface area contributed by atoms with E-state index in [2.05, 4.69) is 79.8 Å². The van der Waals surface area contributed by atoms with Crippen LogP contribution in [-0.2, 0) is 21.0 Å². The van der Waals surface area contributed by atoms with Crippen molar-refractivity contribution in [3.8, 4) is 0 Å². The number of hydrogen-bond donors (Lipinski definition) is 1. The van der Waals surface area contributed by atoms with Gasteiger partial charge in [0.15, 0.2) is 0 Å². The summed E-state index contributed by atoms with van der Waals surface area (Å²) >= 11 is 0. The molecular formula is C27H37NO. The second-order valence-electron chi connectivity index (χ2n) is 10.9. The first kappa shape index (κ1) is 22.9. The average molecular weight is 392 g/mol. The summed E-state index contributed by atoms with van der Waals surface area (Å²) < 4.78 is 0. The van der Waals surface area contributed by atoms with Crippen LogP contribution in [0.2, 0.25) is 0 Å². The highest BCUT2D eigenvalue weighted by molar-refractivity contribution is 6.03. The van der Waals surface area contributed by atoms with Crippen LogP contribution in [0.15, 0.2) is 48.5 Å². The molecule has 0 saturated heterocycles. The minimum atomic E-state index is -0.103. The molecule has 2 rings (SSSR count). The first-order valence-corrected chi connectivity index (χ1v) is 10.4.